The fourth-order valence-corrected chi connectivity index (χ4v) is 3.48. The van der Waals surface area contributed by atoms with E-state index in [0.717, 1.165) is 22.2 Å². The van der Waals surface area contributed by atoms with Gasteiger partial charge in [-0.25, -0.2) is 0 Å². The molecule has 0 unspecified atom stereocenters. The highest BCUT2D eigenvalue weighted by molar-refractivity contribution is 6.23. The first-order valence-electron chi connectivity index (χ1n) is 7.39. The third-order valence-electron chi connectivity index (χ3n) is 4.40. The van der Waals surface area contributed by atoms with Crippen LogP contribution < -0.4 is 5.43 Å². The lowest BCUT2D eigenvalue weighted by atomic mass is 10.1. The zero-order valence-electron chi connectivity index (χ0n) is 12.1. The van der Waals surface area contributed by atoms with Gasteiger partial charge in [0.05, 0.1) is 16.4 Å². The number of nitrogens with one attached hydrogen (secondary N) is 1. The van der Waals surface area contributed by atoms with Crippen LogP contribution in [0.15, 0.2) is 65.1 Å². The number of hydrogen-bond acceptors (Lipinski definition) is 2. The molecule has 0 bridgehead atoms. The van der Waals surface area contributed by atoms with E-state index in [2.05, 4.69) is 58.6 Å². The van der Waals surface area contributed by atoms with E-state index in [-0.39, 0.29) is 0 Å². The normalized spacial score (nSPS) is 11.9. The Morgan fingerprint density at radius 3 is 2.41 bits per heavy atom. The fourth-order valence-electron chi connectivity index (χ4n) is 3.48. The molecular weight excluding hydrogens is 272 g/mol. The Balaban J connectivity index is 2.13. The molecular formula is C19H14N2O. The predicted octanol–water partition coefficient (Wildman–Crippen LogP) is 4.87. The second-order valence-electron chi connectivity index (χ2n) is 5.51. The zero-order chi connectivity index (χ0) is 14.7. The van der Waals surface area contributed by atoms with Crippen LogP contribution in [0.25, 0.3) is 43.7 Å². The maximum atomic E-state index is 6.19. The standard InChI is InChI=1S/C19H14N2O/c1-20-21-15-8-4-2-7-14(15)18-16(21)11-10-13-12-6-3-5-9-17(12)22-19(13)18/h2-11,20H,1H3. The van der Waals surface area contributed by atoms with E-state index in [1.165, 1.54) is 21.5 Å². The zero-order valence-corrected chi connectivity index (χ0v) is 12.1. The Labute approximate surface area is 126 Å². The van der Waals surface area contributed by atoms with E-state index < -0.39 is 0 Å². The Kier molecular flexibility index (Phi) is 2.15. The van der Waals surface area contributed by atoms with Crippen molar-refractivity contribution in [1.29, 1.82) is 0 Å². The average Bonchev–Trinajstić information content (AvgIpc) is 3.09. The van der Waals surface area contributed by atoms with Crippen molar-refractivity contribution in [2.75, 3.05) is 12.5 Å². The molecule has 2 aromatic heterocycles. The van der Waals surface area contributed by atoms with Crippen LogP contribution in [0.2, 0.25) is 0 Å². The third kappa shape index (κ3) is 1.31. The highest BCUT2D eigenvalue weighted by Crippen LogP contribution is 2.38. The van der Waals surface area contributed by atoms with Crippen molar-refractivity contribution in [3.8, 4) is 0 Å². The molecule has 1 N–H and O–H groups in total. The molecule has 5 aromatic rings. The summed E-state index contributed by atoms with van der Waals surface area (Å²) in [5.74, 6) is 0. The van der Waals surface area contributed by atoms with Crippen molar-refractivity contribution >= 4 is 43.7 Å². The van der Waals surface area contributed by atoms with Crippen molar-refractivity contribution in [2.45, 2.75) is 0 Å². The molecule has 0 amide bonds. The quantitative estimate of drug-likeness (QED) is 0.476. The maximum absolute atomic E-state index is 6.19. The average molecular weight is 286 g/mol. The van der Waals surface area contributed by atoms with E-state index in [0.29, 0.717) is 0 Å². The molecule has 0 aliphatic heterocycles. The van der Waals surface area contributed by atoms with Gasteiger partial charge in [-0.05, 0) is 24.3 Å². The van der Waals surface area contributed by atoms with E-state index in [1.54, 1.807) is 0 Å². The lowest BCUT2D eigenvalue weighted by Gasteiger charge is -2.04. The number of para-hydroxylation sites is 2. The van der Waals surface area contributed by atoms with E-state index in [1.807, 2.05) is 19.2 Å². The number of benzene rings is 3. The number of hydrogen-bond donors (Lipinski definition) is 1. The van der Waals surface area contributed by atoms with Crippen LogP contribution in [0, 0.1) is 0 Å². The van der Waals surface area contributed by atoms with Crippen LogP contribution in [0.5, 0.6) is 0 Å². The van der Waals surface area contributed by atoms with Gasteiger partial charge in [-0.15, -0.1) is 0 Å². The van der Waals surface area contributed by atoms with Gasteiger partial charge in [-0.3, -0.25) is 4.68 Å². The molecule has 0 aliphatic rings. The molecule has 2 heterocycles. The van der Waals surface area contributed by atoms with Crippen molar-refractivity contribution in [3.05, 3.63) is 60.7 Å². The van der Waals surface area contributed by atoms with Crippen LogP contribution in [0.1, 0.15) is 0 Å². The van der Waals surface area contributed by atoms with Gasteiger partial charge in [0.2, 0.25) is 0 Å². The number of nitrogens with zero attached hydrogens (tertiary/aromatic N) is 1. The molecule has 3 nitrogen and oxygen atoms in total. The summed E-state index contributed by atoms with van der Waals surface area (Å²) in [4.78, 5) is 0. The summed E-state index contributed by atoms with van der Waals surface area (Å²) >= 11 is 0. The minimum Gasteiger partial charge on any atom is -0.455 e. The van der Waals surface area contributed by atoms with Gasteiger partial charge in [-0.2, -0.15) is 0 Å². The molecule has 0 atom stereocenters. The molecule has 5 rings (SSSR count). The molecule has 106 valence electrons. The molecule has 0 fully saturated rings. The Morgan fingerprint density at radius 1 is 0.773 bits per heavy atom. The van der Waals surface area contributed by atoms with Gasteiger partial charge in [-0.1, -0.05) is 36.4 Å². The molecule has 3 heteroatoms. The molecule has 0 saturated carbocycles. The van der Waals surface area contributed by atoms with E-state index in [9.17, 15) is 0 Å². The first kappa shape index (κ1) is 11.7. The van der Waals surface area contributed by atoms with Crippen LogP contribution in [0.3, 0.4) is 0 Å². The molecule has 0 saturated heterocycles. The summed E-state index contributed by atoms with van der Waals surface area (Å²) in [6.07, 6.45) is 0. The Morgan fingerprint density at radius 2 is 1.55 bits per heavy atom. The maximum Gasteiger partial charge on any atom is 0.145 e. The van der Waals surface area contributed by atoms with Gasteiger partial charge in [0.1, 0.15) is 11.2 Å². The van der Waals surface area contributed by atoms with Crippen molar-refractivity contribution in [1.82, 2.24) is 4.68 Å². The number of furan rings is 1. The smallest absolute Gasteiger partial charge is 0.145 e. The number of rotatable bonds is 1. The fraction of sp³-hybridized carbons (Fsp3) is 0.0526. The van der Waals surface area contributed by atoms with Gasteiger partial charge in [0, 0.05) is 23.2 Å². The lowest BCUT2D eigenvalue weighted by molar-refractivity contribution is 0.673. The summed E-state index contributed by atoms with van der Waals surface area (Å²) in [7, 11) is 1.94. The van der Waals surface area contributed by atoms with Crippen LogP contribution in [-0.2, 0) is 0 Å². The lowest BCUT2D eigenvalue weighted by Crippen LogP contribution is -2.07. The predicted molar refractivity (Wildman–Crippen MR) is 92.0 cm³/mol. The second-order valence-corrected chi connectivity index (χ2v) is 5.51. The molecule has 22 heavy (non-hydrogen) atoms. The van der Waals surface area contributed by atoms with Crippen LogP contribution in [-0.4, -0.2) is 11.7 Å². The summed E-state index contributed by atoms with van der Waals surface area (Å²) < 4.78 is 8.30. The van der Waals surface area contributed by atoms with Crippen molar-refractivity contribution in [3.63, 3.8) is 0 Å². The Bertz CT molecular complexity index is 1160. The first-order valence-corrected chi connectivity index (χ1v) is 7.39. The monoisotopic (exact) mass is 286 g/mol. The second kappa shape index (κ2) is 4.04. The van der Waals surface area contributed by atoms with E-state index in [4.69, 9.17) is 4.42 Å². The highest BCUT2D eigenvalue weighted by Gasteiger charge is 2.16. The van der Waals surface area contributed by atoms with Gasteiger partial charge < -0.3 is 9.84 Å². The summed E-state index contributed by atoms with van der Waals surface area (Å²) in [5, 5.41) is 4.71. The molecule has 0 radical (unpaired) electrons. The largest absolute Gasteiger partial charge is 0.455 e. The summed E-state index contributed by atoms with van der Waals surface area (Å²) in [5.41, 5.74) is 7.46. The molecule has 0 aliphatic carbocycles. The van der Waals surface area contributed by atoms with Crippen molar-refractivity contribution in [2.24, 2.45) is 0 Å². The topological polar surface area (TPSA) is 30.1 Å². The first-order chi connectivity index (χ1) is 10.9. The van der Waals surface area contributed by atoms with Crippen LogP contribution >= 0.6 is 0 Å². The van der Waals surface area contributed by atoms with Crippen LogP contribution in [0.4, 0.5) is 0 Å². The number of fused-ring (bicyclic) bond motifs is 7. The van der Waals surface area contributed by atoms with E-state index >= 15 is 0 Å². The number of aromatic nitrogens is 1. The summed E-state index contributed by atoms with van der Waals surface area (Å²) in [6, 6.07) is 20.9. The minimum absolute atomic E-state index is 0.936. The Hall–Kier alpha value is -2.94. The third-order valence-corrected chi connectivity index (χ3v) is 4.40. The molecule has 3 aromatic carbocycles. The highest BCUT2D eigenvalue weighted by atomic mass is 16.3. The summed E-state index contributed by atoms with van der Waals surface area (Å²) in [6.45, 7) is 0. The van der Waals surface area contributed by atoms with Gasteiger partial charge in [0.15, 0.2) is 0 Å². The molecule has 0 spiro atoms. The minimum atomic E-state index is 0.936. The van der Waals surface area contributed by atoms with Gasteiger partial charge in [0.25, 0.3) is 0 Å². The van der Waals surface area contributed by atoms with Crippen molar-refractivity contribution < 1.29 is 4.42 Å². The van der Waals surface area contributed by atoms with Gasteiger partial charge >= 0.3 is 0 Å². The SMILES string of the molecule is CNn1c2ccccc2c2c3oc4ccccc4c3ccc21.